The molecule has 1 aromatic heterocycles. The van der Waals surface area contributed by atoms with E-state index in [-0.39, 0.29) is 24.1 Å². The predicted octanol–water partition coefficient (Wildman–Crippen LogP) is 3.39. The Balaban J connectivity index is 1.52. The van der Waals surface area contributed by atoms with Crippen LogP contribution in [0, 0.1) is 10.5 Å². The van der Waals surface area contributed by atoms with E-state index in [1.807, 2.05) is 56.4 Å². The topological polar surface area (TPSA) is 88.9 Å². The van der Waals surface area contributed by atoms with Gasteiger partial charge in [-0.2, -0.15) is 0 Å². The van der Waals surface area contributed by atoms with Crippen molar-refractivity contribution in [3.8, 4) is 0 Å². The van der Waals surface area contributed by atoms with E-state index < -0.39 is 0 Å². The molecule has 0 aliphatic rings. The largest absolute Gasteiger partial charge is 0.345 e. The summed E-state index contributed by atoms with van der Waals surface area (Å²) < 4.78 is 2.89. The smallest absolute Gasteiger partial charge is 0.251 e. The maximum Gasteiger partial charge on any atom is 0.251 e. The molecule has 2 amide bonds. The predicted molar refractivity (Wildman–Crippen MR) is 122 cm³/mol. The lowest BCUT2D eigenvalue weighted by Gasteiger charge is -2.08. The van der Waals surface area contributed by atoms with E-state index in [0.717, 1.165) is 14.8 Å². The lowest BCUT2D eigenvalue weighted by atomic mass is 10.1. The second-order valence-electron chi connectivity index (χ2n) is 6.30. The summed E-state index contributed by atoms with van der Waals surface area (Å²) in [4.78, 5) is 24.5. The SMILES string of the molecule is Cc1ccccc1C(=O)NCc1nnc(SCC(=O)Nc2ccc(I)cc2)n1C. The van der Waals surface area contributed by atoms with Gasteiger partial charge in [0.2, 0.25) is 5.91 Å². The minimum atomic E-state index is -0.155. The maximum atomic E-state index is 12.3. The Morgan fingerprint density at radius 2 is 1.83 bits per heavy atom. The van der Waals surface area contributed by atoms with Crippen molar-refractivity contribution in [1.29, 1.82) is 0 Å². The van der Waals surface area contributed by atoms with Gasteiger partial charge in [0.15, 0.2) is 11.0 Å². The molecule has 9 heteroatoms. The maximum absolute atomic E-state index is 12.3. The quantitative estimate of drug-likeness (QED) is 0.368. The number of aryl methyl sites for hydroxylation is 1. The molecule has 0 bridgehead atoms. The highest BCUT2D eigenvalue weighted by Crippen LogP contribution is 2.17. The van der Waals surface area contributed by atoms with E-state index in [9.17, 15) is 9.59 Å². The van der Waals surface area contributed by atoms with Crippen molar-refractivity contribution in [3.63, 3.8) is 0 Å². The first-order valence-corrected chi connectivity index (χ1v) is 10.9. The first-order valence-electron chi connectivity index (χ1n) is 8.84. The van der Waals surface area contributed by atoms with Gasteiger partial charge in [0, 0.05) is 21.9 Å². The third-order valence-corrected chi connectivity index (χ3v) is 5.92. The van der Waals surface area contributed by atoms with E-state index in [1.165, 1.54) is 11.8 Å². The van der Waals surface area contributed by atoms with E-state index in [4.69, 9.17) is 0 Å². The highest BCUT2D eigenvalue weighted by Gasteiger charge is 2.14. The van der Waals surface area contributed by atoms with Crippen LogP contribution in [0.3, 0.4) is 0 Å². The molecule has 0 aliphatic carbocycles. The Kier molecular flexibility index (Phi) is 7.26. The molecule has 0 atom stereocenters. The number of nitrogens with one attached hydrogen (secondary N) is 2. The van der Waals surface area contributed by atoms with Crippen LogP contribution < -0.4 is 10.6 Å². The van der Waals surface area contributed by atoms with Gasteiger partial charge in [-0.3, -0.25) is 9.59 Å². The zero-order valence-electron chi connectivity index (χ0n) is 16.0. The molecule has 0 aliphatic heterocycles. The van der Waals surface area contributed by atoms with E-state index in [1.54, 1.807) is 10.6 Å². The van der Waals surface area contributed by atoms with E-state index in [2.05, 4.69) is 43.4 Å². The number of hydrogen-bond donors (Lipinski definition) is 2. The van der Waals surface area contributed by atoms with Gasteiger partial charge in [-0.05, 0) is 65.4 Å². The lowest BCUT2D eigenvalue weighted by molar-refractivity contribution is -0.113. The molecule has 0 unspecified atom stereocenters. The number of thioether (sulfide) groups is 1. The highest BCUT2D eigenvalue weighted by molar-refractivity contribution is 14.1. The van der Waals surface area contributed by atoms with Gasteiger partial charge in [-0.1, -0.05) is 30.0 Å². The summed E-state index contributed by atoms with van der Waals surface area (Å²) in [5.41, 5.74) is 2.31. The number of anilines is 1. The molecule has 0 radical (unpaired) electrons. The van der Waals surface area contributed by atoms with E-state index >= 15 is 0 Å². The van der Waals surface area contributed by atoms with Gasteiger partial charge >= 0.3 is 0 Å². The molecule has 0 saturated carbocycles. The van der Waals surface area contributed by atoms with Crippen molar-refractivity contribution in [2.75, 3.05) is 11.1 Å². The summed E-state index contributed by atoms with van der Waals surface area (Å²) >= 11 is 3.51. The third-order valence-electron chi connectivity index (χ3n) is 4.18. The monoisotopic (exact) mass is 521 g/mol. The number of nitrogens with zero attached hydrogens (tertiary/aromatic N) is 3. The van der Waals surface area contributed by atoms with Gasteiger partial charge in [0.05, 0.1) is 12.3 Å². The second kappa shape index (κ2) is 9.88. The molecule has 3 rings (SSSR count). The first-order chi connectivity index (χ1) is 13.9. The molecular weight excluding hydrogens is 501 g/mol. The normalized spacial score (nSPS) is 10.6. The molecule has 29 heavy (non-hydrogen) atoms. The molecular formula is C20H20IN5O2S. The van der Waals surface area contributed by atoms with Crippen LogP contribution in [0.5, 0.6) is 0 Å². The summed E-state index contributed by atoms with van der Waals surface area (Å²) in [5.74, 6) is 0.561. The zero-order chi connectivity index (χ0) is 20.8. The summed E-state index contributed by atoms with van der Waals surface area (Å²) in [5, 5.41) is 14.6. The van der Waals surface area contributed by atoms with Crippen LogP contribution >= 0.6 is 34.4 Å². The van der Waals surface area contributed by atoms with Gasteiger partial charge in [-0.25, -0.2) is 0 Å². The van der Waals surface area contributed by atoms with Gasteiger partial charge in [0.25, 0.3) is 5.91 Å². The molecule has 7 nitrogen and oxygen atoms in total. The molecule has 2 aromatic carbocycles. The molecule has 0 saturated heterocycles. The lowest BCUT2D eigenvalue weighted by Crippen LogP contribution is -2.25. The van der Waals surface area contributed by atoms with Crippen LogP contribution in [0.1, 0.15) is 21.7 Å². The van der Waals surface area contributed by atoms with Crippen molar-refractivity contribution in [2.45, 2.75) is 18.6 Å². The third kappa shape index (κ3) is 5.80. The number of hydrogen-bond acceptors (Lipinski definition) is 5. The van der Waals surface area contributed by atoms with Crippen LogP contribution in [-0.4, -0.2) is 32.3 Å². The van der Waals surface area contributed by atoms with Crippen molar-refractivity contribution >= 4 is 51.9 Å². The van der Waals surface area contributed by atoms with Gasteiger partial charge in [-0.15, -0.1) is 10.2 Å². The number of amides is 2. The summed E-state index contributed by atoms with van der Waals surface area (Å²) in [7, 11) is 1.81. The number of carbonyl (C=O) groups excluding carboxylic acids is 2. The minimum Gasteiger partial charge on any atom is -0.345 e. The standard InChI is InChI=1S/C20H20IN5O2S/c1-13-5-3-4-6-16(13)19(28)22-11-17-24-25-20(26(17)2)29-12-18(27)23-15-9-7-14(21)8-10-15/h3-10H,11-12H2,1-2H3,(H,22,28)(H,23,27). The van der Waals surface area contributed by atoms with Crippen LogP contribution in [0.4, 0.5) is 5.69 Å². The molecule has 1 heterocycles. The average Bonchev–Trinajstić information content (AvgIpc) is 3.06. The van der Waals surface area contributed by atoms with Crippen LogP contribution in [-0.2, 0) is 18.4 Å². The Hall–Kier alpha value is -2.40. The zero-order valence-corrected chi connectivity index (χ0v) is 19.0. The fraction of sp³-hybridized carbons (Fsp3) is 0.200. The number of aromatic nitrogens is 3. The fourth-order valence-corrected chi connectivity index (χ4v) is 3.66. The summed E-state index contributed by atoms with van der Waals surface area (Å²) in [6.45, 7) is 2.15. The van der Waals surface area contributed by atoms with Crippen molar-refractivity contribution in [2.24, 2.45) is 7.05 Å². The number of halogens is 1. The van der Waals surface area contributed by atoms with Crippen LogP contribution in [0.2, 0.25) is 0 Å². The van der Waals surface area contributed by atoms with Crippen LogP contribution in [0.25, 0.3) is 0 Å². The van der Waals surface area contributed by atoms with Crippen molar-refractivity contribution in [1.82, 2.24) is 20.1 Å². The Morgan fingerprint density at radius 1 is 1.10 bits per heavy atom. The molecule has 2 N–H and O–H groups in total. The Labute approximate surface area is 186 Å². The first kappa shape index (κ1) is 21.3. The number of rotatable bonds is 7. The molecule has 3 aromatic rings. The van der Waals surface area contributed by atoms with Crippen molar-refractivity contribution in [3.05, 3.63) is 69.1 Å². The fourth-order valence-electron chi connectivity index (χ4n) is 2.57. The van der Waals surface area contributed by atoms with Gasteiger partial charge < -0.3 is 15.2 Å². The summed E-state index contributed by atoms with van der Waals surface area (Å²) in [6.07, 6.45) is 0. The van der Waals surface area contributed by atoms with Gasteiger partial charge in [0.1, 0.15) is 0 Å². The summed E-state index contributed by atoms with van der Waals surface area (Å²) in [6, 6.07) is 15.0. The molecule has 0 spiro atoms. The van der Waals surface area contributed by atoms with E-state index in [0.29, 0.717) is 16.5 Å². The second-order valence-corrected chi connectivity index (χ2v) is 8.49. The van der Waals surface area contributed by atoms with Crippen molar-refractivity contribution < 1.29 is 9.59 Å². The number of carbonyl (C=O) groups is 2. The Bertz CT molecular complexity index is 1020. The number of benzene rings is 2. The Morgan fingerprint density at radius 3 is 2.55 bits per heavy atom. The average molecular weight is 521 g/mol. The minimum absolute atomic E-state index is 0.117. The highest BCUT2D eigenvalue weighted by atomic mass is 127. The molecule has 150 valence electrons. The molecule has 0 fully saturated rings. The van der Waals surface area contributed by atoms with Crippen LogP contribution in [0.15, 0.2) is 53.7 Å².